The average Bonchev–Trinajstić information content (AvgIpc) is 2.88. The van der Waals surface area contributed by atoms with Crippen molar-refractivity contribution in [3.05, 3.63) is 10.0 Å². The number of rotatable bonds is 3. The molecule has 1 aromatic heterocycles. The van der Waals surface area contributed by atoms with E-state index in [1.54, 1.807) is 11.8 Å². The summed E-state index contributed by atoms with van der Waals surface area (Å²) in [7, 11) is 1.35. The molecular formula is C10H12ClNO2S2. The molecule has 0 radical (unpaired) electrons. The fraction of sp³-hybridized carbons (Fsp3) is 0.600. The first-order valence-electron chi connectivity index (χ1n) is 5.12. The maximum Gasteiger partial charge on any atom is 0.351 e. The highest BCUT2D eigenvalue weighted by Gasteiger charge is 2.22. The normalized spacial score (nSPS) is 16.6. The van der Waals surface area contributed by atoms with Gasteiger partial charge in [-0.25, -0.2) is 9.78 Å². The minimum Gasteiger partial charge on any atom is -0.465 e. The summed E-state index contributed by atoms with van der Waals surface area (Å²) in [6.45, 7) is 0. The number of carbonyl (C=O) groups is 1. The molecule has 1 saturated carbocycles. The third-order valence-corrected chi connectivity index (χ3v) is 5.36. The SMILES string of the molecule is COC(=O)c1sc(SC2CCCC2)nc1Cl. The lowest BCUT2D eigenvalue weighted by Crippen LogP contribution is -1.98. The number of esters is 1. The number of aromatic nitrogens is 1. The van der Waals surface area contributed by atoms with Crippen molar-refractivity contribution in [1.82, 2.24) is 4.98 Å². The molecule has 1 heterocycles. The third-order valence-electron chi connectivity index (χ3n) is 2.51. The van der Waals surface area contributed by atoms with Gasteiger partial charge in [-0.3, -0.25) is 0 Å². The quantitative estimate of drug-likeness (QED) is 0.791. The van der Waals surface area contributed by atoms with Crippen molar-refractivity contribution in [2.75, 3.05) is 7.11 Å². The number of methoxy groups -OCH3 is 1. The van der Waals surface area contributed by atoms with Crippen molar-refractivity contribution in [2.45, 2.75) is 35.3 Å². The summed E-state index contributed by atoms with van der Waals surface area (Å²) >= 11 is 8.94. The molecule has 0 bridgehead atoms. The first-order chi connectivity index (χ1) is 7.70. The van der Waals surface area contributed by atoms with Gasteiger partial charge in [0.25, 0.3) is 0 Å². The second kappa shape index (κ2) is 5.38. The molecule has 0 N–H and O–H groups in total. The molecule has 1 aliphatic rings. The van der Waals surface area contributed by atoms with Gasteiger partial charge in [-0.15, -0.1) is 0 Å². The third kappa shape index (κ3) is 2.70. The van der Waals surface area contributed by atoms with Crippen LogP contribution in [-0.4, -0.2) is 23.3 Å². The van der Waals surface area contributed by atoms with Crippen LogP contribution < -0.4 is 0 Å². The van der Waals surface area contributed by atoms with Crippen molar-refractivity contribution in [2.24, 2.45) is 0 Å². The predicted octanol–water partition coefficient (Wildman–Crippen LogP) is 3.62. The number of thioether (sulfide) groups is 1. The second-order valence-electron chi connectivity index (χ2n) is 3.62. The number of halogens is 1. The zero-order valence-corrected chi connectivity index (χ0v) is 11.3. The molecule has 0 atom stereocenters. The standard InChI is InChI=1S/C10H12ClNO2S2/c1-14-9(13)7-8(11)12-10(16-7)15-6-4-2-3-5-6/h6H,2-5H2,1H3. The Morgan fingerprint density at radius 1 is 1.56 bits per heavy atom. The van der Waals surface area contributed by atoms with Crippen LogP contribution in [0.15, 0.2) is 4.34 Å². The van der Waals surface area contributed by atoms with Gasteiger partial charge in [0.2, 0.25) is 0 Å². The maximum atomic E-state index is 11.3. The van der Waals surface area contributed by atoms with Crippen molar-refractivity contribution < 1.29 is 9.53 Å². The fourth-order valence-corrected chi connectivity index (χ4v) is 4.54. The largest absolute Gasteiger partial charge is 0.465 e. The highest BCUT2D eigenvalue weighted by Crippen LogP contribution is 2.38. The summed E-state index contributed by atoms with van der Waals surface area (Å²) in [6, 6.07) is 0. The Bertz CT molecular complexity index is 388. The Morgan fingerprint density at radius 3 is 2.88 bits per heavy atom. The Morgan fingerprint density at radius 2 is 2.25 bits per heavy atom. The zero-order chi connectivity index (χ0) is 11.5. The predicted molar refractivity (Wildman–Crippen MR) is 66.6 cm³/mol. The number of carbonyl (C=O) groups excluding carboxylic acids is 1. The fourth-order valence-electron chi connectivity index (χ4n) is 1.70. The maximum absolute atomic E-state index is 11.3. The van der Waals surface area contributed by atoms with E-state index in [-0.39, 0.29) is 5.15 Å². The Kier molecular flexibility index (Phi) is 4.10. The van der Waals surface area contributed by atoms with E-state index in [1.165, 1.54) is 44.1 Å². The molecule has 0 unspecified atom stereocenters. The topological polar surface area (TPSA) is 39.2 Å². The van der Waals surface area contributed by atoms with Crippen LogP contribution in [0.2, 0.25) is 5.15 Å². The van der Waals surface area contributed by atoms with Crippen molar-refractivity contribution in [3.63, 3.8) is 0 Å². The van der Waals surface area contributed by atoms with E-state index in [0.29, 0.717) is 10.1 Å². The first-order valence-corrected chi connectivity index (χ1v) is 7.19. The van der Waals surface area contributed by atoms with E-state index in [1.807, 2.05) is 0 Å². The van der Waals surface area contributed by atoms with E-state index in [0.717, 1.165) is 4.34 Å². The lowest BCUT2D eigenvalue weighted by molar-refractivity contribution is 0.0606. The zero-order valence-electron chi connectivity index (χ0n) is 8.86. The van der Waals surface area contributed by atoms with Crippen LogP contribution in [0.25, 0.3) is 0 Å². The molecule has 1 aliphatic carbocycles. The van der Waals surface area contributed by atoms with Crippen molar-refractivity contribution in [1.29, 1.82) is 0 Å². The van der Waals surface area contributed by atoms with Crippen LogP contribution in [0.5, 0.6) is 0 Å². The lowest BCUT2D eigenvalue weighted by atomic mass is 10.4. The Hall–Kier alpha value is -0.260. The van der Waals surface area contributed by atoms with E-state index in [4.69, 9.17) is 11.6 Å². The van der Waals surface area contributed by atoms with Gasteiger partial charge in [-0.2, -0.15) is 0 Å². The van der Waals surface area contributed by atoms with Crippen LogP contribution in [0.1, 0.15) is 35.4 Å². The smallest absolute Gasteiger partial charge is 0.351 e. The average molecular weight is 278 g/mol. The lowest BCUT2D eigenvalue weighted by Gasteiger charge is -2.03. The molecule has 2 rings (SSSR count). The molecule has 16 heavy (non-hydrogen) atoms. The van der Waals surface area contributed by atoms with Gasteiger partial charge >= 0.3 is 5.97 Å². The van der Waals surface area contributed by atoms with Crippen molar-refractivity contribution >= 4 is 40.7 Å². The summed E-state index contributed by atoms with van der Waals surface area (Å²) < 4.78 is 5.51. The van der Waals surface area contributed by atoms with Crippen molar-refractivity contribution in [3.8, 4) is 0 Å². The van der Waals surface area contributed by atoms with E-state index < -0.39 is 5.97 Å². The summed E-state index contributed by atoms with van der Waals surface area (Å²) in [5.41, 5.74) is 0. The molecule has 1 aromatic rings. The number of thiazole rings is 1. The van der Waals surface area contributed by atoms with Gasteiger partial charge in [-0.1, -0.05) is 47.5 Å². The van der Waals surface area contributed by atoms with Gasteiger partial charge in [0.1, 0.15) is 0 Å². The van der Waals surface area contributed by atoms with Gasteiger partial charge in [0, 0.05) is 5.25 Å². The molecule has 6 heteroatoms. The second-order valence-corrected chi connectivity index (χ2v) is 6.52. The van der Waals surface area contributed by atoms with Crippen LogP contribution >= 0.6 is 34.7 Å². The molecule has 3 nitrogen and oxygen atoms in total. The van der Waals surface area contributed by atoms with Gasteiger partial charge in [-0.05, 0) is 12.8 Å². The number of hydrogen-bond acceptors (Lipinski definition) is 5. The summed E-state index contributed by atoms with van der Waals surface area (Å²) in [6.07, 6.45) is 5.05. The summed E-state index contributed by atoms with van der Waals surface area (Å²) in [5, 5.41) is 0.894. The van der Waals surface area contributed by atoms with E-state index in [2.05, 4.69) is 9.72 Å². The van der Waals surface area contributed by atoms with E-state index >= 15 is 0 Å². The monoisotopic (exact) mass is 277 g/mol. The van der Waals surface area contributed by atoms with Gasteiger partial charge in [0.05, 0.1) is 7.11 Å². The summed E-state index contributed by atoms with van der Waals surface area (Å²) in [5.74, 6) is -0.402. The van der Waals surface area contributed by atoms with Gasteiger partial charge < -0.3 is 4.74 Å². The minimum atomic E-state index is -0.402. The molecule has 0 saturated heterocycles. The molecule has 0 spiro atoms. The Balaban J connectivity index is 2.07. The Labute approximate surface area is 108 Å². The molecular weight excluding hydrogens is 266 g/mol. The molecule has 88 valence electrons. The van der Waals surface area contributed by atoms with Gasteiger partial charge in [0.15, 0.2) is 14.4 Å². The molecule has 0 amide bonds. The highest BCUT2D eigenvalue weighted by molar-refractivity contribution is 8.01. The van der Waals surface area contributed by atoms with Crippen LogP contribution in [0.4, 0.5) is 0 Å². The number of ether oxygens (including phenoxy) is 1. The van der Waals surface area contributed by atoms with Crippen LogP contribution in [0.3, 0.4) is 0 Å². The number of nitrogens with zero attached hydrogens (tertiary/aromatic N) is 1. The minimum absolute atomic E-state index is 0.261. The molecule has 1 fully saturated rings. The molecule has 0 aliphatic heterocycles. The number of hydrogen-bond donors (Lipinski definition) is 0. The van der Waals surface area contributed by atoms with Crippen LogP contribution in [0, 0.1) is 0 Å². The first kappa shape index (κ1) is 12.2. The van der Waals surface area contributed by atoms with Crippen LogP contribution in [-0.2, 0) is 4.74 Å². The molecule has 0 aromatic carbocycles. The summed E-state index contributed by atoms with van der Waals surface area (Å²) in [4.78, 5) is 15.9. The highest BCUT2D eigenvalue weighted by atomic mass is 35.5. The van der Waals surface area contributed by atoms with E-state index in [9.17, 15) is 4.79 Å².